The van der Waals surface area contributed by atoms with E-state index in [9.17, 15) is 14.0 Å². The molecule has 2 atom stereocenters. The second kappa shape index (κ2) is 9.97. The Morgan fingerprint density at radius 1 is 1.29 bits per heavy atom. The molecule has 0 radical (unpaired) electrons. The summed E-state index contributed by atoms with van der Waals surface area (Å²) < 4.78 is 16.1. The second-order valence-corrected chi connectivity index (χ2v) is 8.53. The summed E-state index contributed by atoms with van der Waals surface area (Å²) in [6.45, 7) is 1.58. The average Bonchev–Trinajstić information content (AvgIpc) is 3.47. The molecule has 1 saturated heterocycles. The molecule has 6 nitrogen and oxygen atoms in total. The Balaban J connectivity index is 0.00000272. The number of carboxylic acids is 1. The van der Waals surface area contributed by atoms with Crippen LogP contribution in [0, 0.1) is 11.7 Å². The van der Waals surface area contributed by atoms with Crippen LogP contribution in [0.5, 0.6) is 0 Å². The van der Waals surface area contributed by atoms with E-state index >= 15 is 0 Å². The van der Waals surface area contributed by atoms with Crippen molar-refractivity contribution in [3.63, 3.8) is 0 Å². The molecule has 1 aromatic carbocycles. The minimum absolute atomic E-state index is 0. The fourth-order valence-corrected chi connectivity index (χ4v) is 4.22. The lowest BCUT2D eigenvalue weighted by atomic mass is 9.93. The molecule has 0 amide bonds. The maximum Gasteiger partial charge on any atom is 0.338 e. The van der Waals surface area contributed by atoms with Gasteiger partial charge in [0.05, 0.1) is 24.3 Å². The molecule has 166 valence electrons. The van der Waals surface area contributed by atoms with Gasteiger partial charge in [0.2, 0.25) is 0 Å². The van der Waals surface area contributed by atoms with Crippen LogP contribution in [0.3, 0.4) is 0 Å². The third-order valence-electron chi connectivity index (χ3n) is 5.74. The van der Waals surface area contributed by atoms with Crippen molar-refractivity contribution in [1.82, 2.24) is 14.7 Å². The molecule has 1 aliphatic heterocycles. The van der Waals surface area contributed by atoms with E-state index < -0.39 is 12.0 Å². The molecule has 2 fully saturated rings. The number of aromatic nitrogens is 2. The molecule has 31 heavy (non-hydrogen) atoms. The molecule has 2 aromatic rings. The molecule has 1 saturated carbocycles. The summed E-state index contributed by atoms with van der Waals surface area (Å²) in [5, 5.41) is 13.1. The fraction of sp³-hybridized carbons (Fsp3) is 0.409. The standard InChI is InChI=1S/C22H24FN3O3S.ClH/c23-18-4-2-1-3-17(18)20(21(27)14-5-6-14)25-9-8-19(30)15(12-25)7-10-26-13-16(11-24-26)22(28)29;/h1-4,7,11,13-14,19-20,30H,5-6,8-10,12H2,(H,28,29);1H/b15-7+;. The van der Waals surface area contributed by atoms with Crippen molar-refractivity contribution in [3.05, 3.63) is 65.3 Å². The number of halogens is 2. The molecular weight excluding hydrogens is 441 g/mol. The highest BCUT2D eigenvalue weighted by Crippen LogP contribution is 2.39. The Labute approximate surface area is 191 Å². The van der Waals surface area contributed by atoms with E-state index in [0.29, 0.717) is 25.2 Å². The molecule has 2 heterocycles. The fourth-order valence-electron chi connectivity index (χ4n) is 3.92. The van der Waals surface area contributed by atoms with E-state index in [-0.39, 0.29) is 40.7 Å². The number of allylic oxidation sites excluding steroid dienone is 1. The monoisotopic (exact) mass is 465 g/mol. The highest BCUT2D eigenvalue weighted by atomic mass is 35.5. The third-order valence-corrected chi connectivity index (χ3v) is 6.33. The lowest BCUT2D eigenvalue weighted by molar-refractivity contribution is -0.126. The molecular formula is C22H25ClFN3O3S. The number of hydrogen-bond donors (Lipinski definition) is 2. The predicted molar refractivity (Wildman–Crippen MR) is 120 cm³/mol. The van der Waals surface area contributed by atoms with Crippen molar-refractivity contribution in [2.24, 2.45) is 5.92 Å². The maximum atomic E-state index is 14.6. The SMILES string of the molecule is Cl.O=C(O)c1cnn(C/C=C2\CN(C(C(=O)C3CC3)c3ccccc3F)CCC2S)c1. The Morgan fingerprint density at radius 2 is 2.03 bits per heavy atom. The number of rotatable bonds is 7. The zero-order valence-corrected chi connectivity index (χ0v) is 18.6. The molecule has 0 bridgehead atoms. The van der Waals surface area contributed by atoms with Crippen LogP contribution in [-0.4, -0.2) is 49.9 Å². The zero-order valence-electron chi connectivity index (χ0n) is 16.9. The number of Topliss-reactive ketones (excluding diaryl/α,β-unsaturated/α-hetero) is 1. The van der Waals surface area contributed by atoms with Crippen LogP contribution in [0.4, 0.5) is 4.39 Å². The van der Waals surface area contributed by atoms with E-state index in [1.165, 1.54) is 18.5 Å². The average molecular weight is 466 g/mol. The van der Waals surface area contributed by atoms with Crippen molar-refractivity contribution in [1.29, 1.82) is 0 Å². The van der Waals surface area contributed by atoms with E-state index in [1.54, 1.807) is 22.9 Å². The van der Waals surface area contributed by atoms with Crippen molar-refractivity contribution in [3.8, 4) is 0 Å². The number of hydrogen-bond acceptors (Lipinski definition) is 5. The van der Waals surface area contributed by atoms with Crippen molar-refractivity contribution < 1.29 is 19.1 Å². The molecule has 0 spiro atoms. The number of carbonyl (C=O) groups excluding carboxylic acids is 1. The first-order valence-electron chi connectivity index (χ1n) is 10.1. The summed E-state index contributed by atoms with van der Waals surface area (Å²) in [6, 6.07) is 5.92. The van der Waals surface area contributed by atoms with Gasteiger partial charge in [0.1, 0.15) is 5.82 Å². The van der Waals surface area contributed by atoms with Gasteiger partial charge in [0, 0.05) is 36.0 Å². The number of ketones is 1. The molecule has 2 aliphatic rings. The van der Waals surface area contributed by atoms with E-state index in [1.807, 2.05) is 11.0 Å². The van der Waals surface area contributed by atoms with Crippen LogP contribution in [0.2, 0.25) is 0 Å². The Hall–Kier alpha value is -2.16. The molecule has 1 N–H and O–H groups in total. The number of likely N-dealkylation sites (tertiary alicyclic amines) is 1. The van der Waals surface area contributed by atoms with Gasteiger partial charge in [0.25, 0.3) is 0 Å². The van der Waals surface area contributed by atoms with Gasteiger partial charge < -0.3 is 5.11 Å². The number of carboxylic acid groups (broad SMARTS) is 1. The van der Waals surface area contributed by atoms with Gasteiger partial charge in [-0.05, 0) is 30.9 Å². The van der Waals surface area contributed by atoms with Gasteiger partial charge in [-0.2, -0.15) is 17.7 Å². The maximum absolute atomic E-state index is 14.6. The quantitative estimate of drug-likeness (QED) is 0.480. The van der Waals surface area contributed by atoms with Crippen LogP contribution < -0.4 is 0 Å². The van der Waals surface area contributed by atoms with Crippen molar-refractivity contribution in [2.75, 3.05) is 13.1 Å². The summed E-state index contributed by atoms with van der Waals surface area (Å²) in [5.74, 6) is -1.26. The Morgan fingerprint density at radius 3 is 2.68 bits per heavy atom. The van der Waals surface area contributed by atoms with Gasteiger partial charge in [-0.15, -0.1) is 12.4 Å². The normalized spacial score (nSPS) is 21.5. The predicted octanol–water partition coefficient (Wildman–Crippen LogP) is 3.79. The summed E-state index contributed by atoms with van der Waals surface area (Å²) in [4.78, 5) is 26.1. The third kappa shape index (κ3) is 5.37. The summed E-state index contributed by atoms with van der Waals surface area (Å²) >= 11 is 4.68. The van der Waals surface area contributed by atoms with E-state index in [0.717, 1.165) is 24.8 Å². The minimum Gasteiger partial charge on any atom is -0.478 e. The number of carbonyl (C=O) groups is 2. The van der Waals surface area contributed by atoms with E-state index in [4.69, 9.17) is 5.11 Å². The molecule has 1 aliphatic carbocycles. The molecule has 4 rings (SSSR count). The van der Waals surface area contributed by atoms with Gasteiger partial charge in [-0.3, -0.25) is 14.4 Å². The molecule has 9 heteroatoms. The zero-order chi connectivity index (χ0) is 21.3. The van der Waals surface area contributed by atoms with E-state index in [2.05, 4.69) is 17.7 Å². The summed E-state index contributed by atoms with van der Waals surface area (Å²) in [6.07, 6.45) is 7.27. The molecule has 2 unspecified atom stereocenters. The highest BCUT2D eigenvalue weighted by molar-refractivity contribution is 7.81. The van der Waals surface area contributed by atoms with Gasteiger partial charge >= 0.3 is 5.97 Å². The van der Waals surface area contributed by atoms with Crippen LogP contribution in [0.1, 0.15) is 41.2 Å². The number of thiol groups is 1. The van der Waals surface area contributed by atoms with Crippen molar-refractivity contribution in [2.45, 2.75) is 37.1 Å². The van der Waals surface area contributed by atoms with Crippen LogP contribution in [0.15, 0.2) is 48.3 Å². The lowest BCUT2D eigenvalue weighted by Crippen LogP contribution is -2.42. The number of benzene rings is 1. The Kier molecular flexibility index (Phi) is 7.56. The summed E-state index contributed by atoms with van der Waals surface area (Å²) in [7, 11) is 0. The smallest absolute Gasteiger partial charge is 0.338 e. The first kappa shape index (κ1) is 23.5. The minimum atomic E-state index is -1.02. The van der Waals surface area contributed by atoms with Gasteiger partial charge in [0.15, 0.2) is 5.78 Å². The van der Waals surface area contributed by atoms with Crippen LogP contribution in [-0.2, 0) is 11.3 Å². The first-order chi connectivity index (χ1) is 14.4. The second-order valence-electron chi connectivity index (χ2n) is 7.91. The van der Waals surface area contributed by atoms with Gasteiger partial charge in [-0.25, -0.2) is 9.18 Å². The largest absolute Gasteiger partial charge is 0.478 e. The van der Waals surface area contributed by atoms with Crippen molar-refractivity contribution >= 4 is 36.8 Å². The topological polar surface area (TPSA) is 75.4 Å². The first-order valence-corrected chi connectivity index (χ1v) is 10.6. The molecule has 1 aromatic heterocycles. The van der Waals surface area contributed by atoms with Gasteiger partial charge in [-0.1, -0.05) is 24.3 Å². The number of piperidine rings is 1. The summed E-state index contributed by atoms with van der Waals surface area (Å²) in [5.41, 5.74) is 1.60. The highest BCUT2D eigenvalue weighted by Gasteiger charge is 2.40. The lowest BCUT2D eigenvalue weighted by Gasteiger charge is -2.37. The Bertz CT molecular complexity index is 992. The van der Waals surface area contributed by atoms with Crippen LogP contribution >= 0.6 is 25.0 Å². The number of aromatic carboxylic acids is 1. The number of nitrogens with zero attached hydrogens (tertiary/aromatic N) is 3. The van der Waals surface area contributed by atoms with Crippen LogP contribution in [0.25, 0.3) is 0 Å².